The number of anilines is 1. The van der Waals surface area contributed by atoms with E-state index >= 15 is 4.39 Å². The van der Waals surface area contributed by atoms with Gasteiger partial charge in [-0.1, -0.05) is 36.8 Å². The first-order valence-electron chi connectivity index (χ1n) is 13.1. The summed E-state index contributed by atoms with van der Waals surface area (Å²) < 4.78 is 22.2. The number of benzene rings is 3. The molecule has 2 saturated carbocycles. The van der Waals surface area contributed by atoms with Crippen LogP contribution in [0.5, 0.6) is 0 Å². The molecule has 0 aliphatic heterocycles. The molecule has 4 aromatic rings. The maximum absolute atomic E-state index is 16.0. The van der Waals surface area contributed by atoms with Crippen molar-refractivity contribution in [2.75, 3.05) is 12.0 Å². The van der Waals surface area contributed by atoms with Crippen molar-refractivity contribution < 1.29 is 18.7 Å². The lowest BCUT2D eigenvalue weighted by atomic mass is 9.87. The van der Waals surface area contributed by atoms with Crippen molar-refractivity contribution in [3.63, 3.8) is 0 Å². The van der Waals surface area contributed by atoms with Crippen LogP contribution in [0.15, 0.2) is 60.8 Å². The number of ether oxygens (including phenoxy) is 1. The highest BCUT2D eigenvalue weighted by Crippen LogP contribution is 2.49. The Morgan fingerprint density at radius 2 is 1.97 bits per heavy atom. The molecule has 3 atom stereocenters. The number of fused-ring (bicyclic) bond motifs is 4. The first kappa shape index (κ1) is 24.3. The second-order valence-electron chi connectivity index (χ2n) is 10.6. The maximum atomic E-state index is 16.0. The minimum absolute atomic E-state index is 0.0216. The Bertz CT molecular complexity index is 1590. The Kier molecular flexibility index (Phi) is 6.22. The number of rotatable bonds is 6. The monoisotopic (exact) mass is 511 g/mol. The minimum atomic E-state index is -0.446. The van der Waals surface area contributed by atoms with Gasteiger partial charge >= 0.3 is 5.97 Å². The molecule has 2 aliphatic rings. The molecule has 0 saturated heterocycles. The molecule has 1 heterocycles. The molecule has 2 bridgehead atoms. The lowest BCUT2D eigenvalue weighted by molar-refractivity contribution is -0.134. The molecule has 1 unspecified atom stereocenters. The van der Waals surface area contributed by atoms with E-state index in [1.807, 2.05) is 53.4 Å². The quantitative estimate of drug-likeness (QED) is 0.235. The fourth-order valence-corrected chi connectivity index (χ4v) is 6.50. The summed E-state index contributed by atoms with van der Waals surface area (Å²) in [4.78, 5) is 27.6. The second kappa shape index (κ2) is 9.71. The second-order valence-corrected chi connectivity index (χ2v) is 10.6. The van der Waals surface area contributed by atoms with Gasteiger partial charge in [-0.3, -0.25) is 9.48 Å². The van der Waals surface area contributed by atoms with Gasteiger partial charge < -0.3 is 9.64 Å². The number of carbonyl (C=O) groups excluding carboxylic acids is 2. The Morgan fingerprint density at radius 1 is 1.13 bits per heavy atom. The van der Waals surface area contributed by atoms with E-state index in [0.29, 0.717) is 22.7 Å². The fraction of sp³-hybridized carbons (Fsp3) is 0.323. The number of hydrogen-bond donors (Lipinski definition) is 0. The van der Waals surface area contributed by atoms with E-state index in [-0.39, 0.29) is 24.2 Å². The van der Waals surface area contributed by atoms with Gasteiger partial charge in [0.25, 0.3) is 0 Å². The van der Waals surface area contributed by atoms with Gasteiger partial charge in [-0.05, 0) is 71.9 Å². The van der Waals surface area contributed by atoms with Crippen LogP contribution < -0.4 is 4.90 Å². The van der Waals surface area contributed by atoms with E-state index in [1.165, 1.54) is 19.6 Å². The van der Waals surface area contributed by atoms with Crippen molar-refractivity contribution in [3.8, 4) is 0 Å². The first-order chi connectivity index (χ1) is 18.4. The van der Waals surface area contributed by atoms with Gasteiger partial charge in [-0.2, -0.15) is 5.10 Å². The normalized spacial score (nSPS) is 20.6. The molecule has 38 heavy (non-hydrogen) atoms. The van der Waals surface area contributed by atoms with Gasteiger partial charge in [-0.15, -0.1) is 0 Å². The number of esters is 1. The highest BCUT2D eigenvalue weighted by Gasteiger charge is 2.44. The largest absolute Gasteiger partial charge is 0.466 e. The van der Waals surface area contributed by atoms with Gasteiger partial charge in [-0.25, -0.2) is 9.18 Å². The summed E-state index contributed by atoms with van der Waals surface area (Å²) in [5.74, 6) is 0.333. The molecule has 7 heteroatoms. The third-order valence-corrected chi connectivity index (χ3v) is 8.33. The summed E-state index contributed by atoms with van der Waals surface area (Å²) in [5.41, 5.74) is 2.70. The van der Waals surface area contributed by atoms with E-state index in [2.05, 4.69) is 5.10 Å². The number of carbonyl (C=O) groups is 2. The van der Waals surface area contributed by atoms with Crippen LogP contribution in [0, 0.1) is 23.6 Å². The van der Waals surface area contributed by atoms with Crippen LogP contribution in [0.1, 0.15) is 36.8 Å². The van der Waals surface area contributed by atoms with Gasteiger partial charge in [0.2, 0.25) is 5.91 Å². The van der Waals surface area contributed by atoms with Gasteiger partial charge in [0.05, 0.1) is 19.9 Å². The molecular weight excluding hydrogens is 481 g/mol. The van der Waals surface area contributed by atoms with Crippen LogP contribution in [0.3, 0.4) is 0 Å². The Labute approximate surface area is 220 Å². The van der Waals surface area contributed by atoms with Crippen LogP contribution in [0.2, 0.25) is 0 Å². The summed E-state index contributed by atoms with van der Waals surface area (Å²) in [7, 11) is 3.07. The standard InChI is InChI=1S/C31H30FN3O3/c1-34-30-24(17-33-34)16-22-6-4-7-23(28(22)29(30)32)18-35(31(37)26-15-20-9-11-21(26)13-20)25-8-3-5-19(14-25)10-12-27(36)38-2/h3-8,10,12,14,16-17,20-21,26H,9,11,13,15,18H2,1-2H3/b12-10+/t20-,21+,26?/m0/s1. The van der Waals surface area contributed by atoms with E-state index in [0.717, 1.165) is 46.8 Å². The molecule has 2 fully saturated rings. The molecule has 1 amide bonds. The van der Waals surface area contributed by atoms with Crippen molar-refractivity contribution in [1.82, 2.24) is 9.78 Å². The fourth-order valence-electron chi connectivity index (χ4n) is 6.50. The van der Waals surface area contributed by atoms with Crippen LogP contribution in [0.4, 0.5) is 10.1 Å². The summed E-state index contributed by atoms with van der Waals surface area (Å²) in [5, 5.41) is 6.27. The van der Waals surface area contributed by atoms with Gasteiger partial charge in [0.15, 0.2) is 5.82 Å². The molecule has 0 radical (unpaired) electrons. The summed E-state index contributed by atoms with van der Waals surface area (Å²) in [6.45, 7) is 0.245. The average Bonchev–Trinajstić information content (AvgIpc) is 3.66. The van der Waals surface area contributed by atoms with Crippen LogP contribution in [-0.2, 0) is 27.9 Å². The SMILES string of the molecule is COC(=O)/C=C/c1cccc(N(Cc2cccc3cc4cnn(C)c4c(F)c23)C(=O)C2C[C@H]3CC[C@@H]2C3)c1. The van der Waals surface area contributed by atoms with Crippen LogP contribution >= 0.6 is 0 Å². The summed E-state index contributed by atoms with van der Waals surface area (Å²) in [6, 6.07) is 15.2. The van der Waals surface area contributed by atoms with Crippen molar-refractivity contribution >= 4 is 45.3 Å². The van der Waals surface area contributed by atoms with E-state index < -0.39 is 5.97 Å². The number of aromatic nitrogens is 2. The lowest BCUT2D eigenvalue weighted by Crippen LogP contribution is -2.38. The maximum Gasteiger partial charge on any atom is 0.330 e. The molecule has 2 aliphatic carbocycles. The van der Waals surface area contributed by atoms with Gasteiger partial charge in [0.1, 0.15) is 5.52 Å². The third kappa shape index (κ3) is 4.26. The number of methoxy groups -OCH3 is 1. The highest BCUT2D eigenvalue weighted by atomic mass is 19.1. The zero-order chi connectivity index (χ0) is 26.4. The lowest BCUT2D eigenvalue weighted by Gasteiger charge is -2.30. The number of halogens is 1. The summed E-state index contributed by atoms with van der Waals surface area (Å²) >= 11 is 0. The summed E-state index contributed by atoms with van der Waals surface area (Å²) in [6.07, 6.45) is 9.04. The molecule has 6 rings (SSSR count). The minimum Gasteiger partial charge on any atom is -0.466 e. The third-order valence-electron chi connectivity index (χ3n) is 8.33. The molecule has 194 valence electrons. The molecule has 3 aromatic carbocycles. The molecule has 6 nitrogen and oxygen atoms in total. The van der Waals surface area contributed by atoms with Crippen LogP contribution in [-0.4, -0.2) is 28.8 Å². The molecular formula is C31H30FN3O3. The van der Waals surface area contributed by atoms with Crippen LogP contribution in [0.25, 0.3) is 27.8 Å². The van der Waals surface area contributed by atoms with Gasteiger partial charge in [0, 0.05) is 35.5 Å². The number of amides is 1. The number of nitrogens with zero attached hydrogens (tertiary/aromatic N) is 3. The van der Waals surface area contributed by atoms with E-state index in [1.54, 1.807) is 24.0 Å². The Balaban J connectivity index is 1.43. The van der Waals surface area contributed by atoms with E-state index in [9.17, 15) is 9.59 Å². The van der Waals surface area contributed by atoms with Crippen molar-refractivity contribution in [1.29, 1.82) is 0 Å². The average molecular weight is 512 g/mol. The Morgan fingerprint density at radius 3 is 2.74 bits per heavy atom. The number of aryl methyl sites for hydroxylation is 1. The van der Waals surface area contributed by atoms with E-state index in [4.69, 9.17) is 4.74 Å². The number of hydrogen-bond acceptors (Lipinski definition) is 4. The molecule has 0 N–H and O–H groups in total. The first-order valence-corrected chi connectivity index (χ1v) is 13.1. The van der Waals surface area contributed by atoms with Crippen molar-refractivity contribution in [2.45, 2.75) is 32.2 Å². The zero-order valence-electron chi connectivity index (χ0n) is 21.6. The Hall–Kier alpha value is -4.00. The molecule has 0 spiro atoms. The predicted molar refractivity (Wildman–Crippen MR) is 146 cm³/mol. The smallest absolute Gasteiger partial charge is 0.330 e. The van der Waals surface area contributed by atoms with Crippen molar-refractivity contribution in [3.05, 3.63) is 77.7 Å². The topological polar surface area (TPSA) is 64.4 Å². The highest BCUT2D eigenvalue weighted by molar-refractivity contribution is 6.01. The predicted octanol–water partition coefficient (Wildman–Crippen LogP) is 6.02. The van der Waals surface area contributed by atoms with Crippen molar-refractivity contribution in [2.24, 2.45) is 24.8 Å². The molecule has 1 aromatic heterocycles. The zero-order valence-corrected chi connectivity index (χ0v) is 21.6.